The highest BCUT2D eigenvalue weighted by molar-refractivity contribution is 6.39. The van der Waals surface area contributed by atoms with Crippen LogP contribution >= 0.6 is 23.2 Å². The zero-order valence-corrected chi connectivity index (χ0v) is 21.2. The summed E-state index contributed by atoms with van der Waals surface area (Å²) in [6, 6.07) is 9.51. The molecule has 0 unspecified atom stereocenters. The van der Waals surface area contributed by atoms with E-state index in [0.717, 1.165) is 36.1 Å². The van der Waals surface area contributed by atoms with Gasteiger partial charge in [-0.15, -0.1) is 0 Å². The Morgan fingerprint density at radius 1 is 1.26 bits per heavy atom. The van der Waals surface area contributed by atoms with Crippen LogP contribution in [-0.2, 0) is 18.4 Å². The van der Waals surface area contributed by atoms with Gasteiger partial charge in [-0.25, -0.2) is 4.98 Å². The number of hydrogen-bond donors (Lipinski definition) is 4. The van der Waals surface area contributed by atoms with Crippen molar-refractivity contribution < 1.29 is 4.79 Å². The molecule has 1 fully saturated rings. The van der Waals surface area contributed by atoms with Crippen molar-refractivity contribution in [3.63, 3.8) is 0 Å². The lowest BCUT2D eigenvalue weighted by molar-refractivity contribution is -0.121. The molecule has 0 bridgehead atoms. The number of allylic oxidation sites excluding steroid dienone is 2. The molecule has 35 heavy (non-hydrogen) atoms. The third kappa shape index (κ3) is 4.63. The summed E-state index contributed by atoms with van der Waals surface area (Å²) < 4.78 is 2.04. The maximum absolute atomic E-state index is 12.2. The zero-order valence-electron chi connectivity index (χ0n) is 19.7. The molecule has 4 N–H and O–H groups in total. The van der Waals surface area contributed by atoms with Gasteiger partial charge in [0.25, 0.3) is 0 Å². The minimum Gasteiger partial charge on any atom is -0.384 e. The number of amides is 1. The van der Waals surface area contributed by atoms with Crippen LogP contribution in [0.1, 0.15) is 37.3 Å². The van der Waals surface area contributed by atoms with E-state index in [1.165, 1.54) is 16.7 Å². The first-order valence-electron chi connectivity index (χ1n) is 11.8. The average molecular weight is 511 g/mol. The summed E-state index contributed by atoms with van der Waals surface area (Å²) in [5, 5.41) is 14.0. The molecule has 1 aromatic heterocycles. The number of carbonyl (C=O) groups is 1. The van der Waals surface area contributed by atoms with Crippen molar-refractivity contribution in [2.75, 3.05) is 11.9 Å². The van der Waals surface area contributed by atoms with E-state index in [9.17, 15) is 4.79 Å². The summed E-state index contributed by atoms with van der Waals surface area (Å²) in [7, 11) is 1.99. The van der Waals surface area contributed by atoms with Crippen molar-refractivity contribution in [3.05, 3.63) is 69.5 Å². The van der Waals surface area contributed by atoms with Crippen molar-refractivity contribution >= 4 is 57.4 Å². The molecule has 2 aromatic carbocycles. The van der Waals surface area contributed by atoms with Crippen LogP contribution in [0.15, 0.2) is 48.3 Å². The standard InChI is InChI=1S/C26H28Cl2N6O/c1-15-16-10-11-21-24(34(2)26(32-21)33-23-18(27)6-3-7-19(23)28)17(16)14-31-20(15)8-4-13-30-25(35)22-9-5-12-29-22/h3-4,6-7,10-11,13,22,29,31H,5,8-9,12,14H2,1-2H3,(H,30,35)(H,32,33)/b13-4-/t22-/m1/s1. The molecule has 9 heteroatoms. The number of fused-ring (bicyclic) bond motifs is 3. The minimum absolute atomic E-state index is 0.0347. The number of hydrogen-bond acceptors (Lipinski definition) is 5. The van der Waals surface area contributed by atoms with Crippen molar-refractivity contribution in [2.45, 2.75) is 38.8 Å². The van der Waals surface area contributed by atoms with E-state index < -0.39 is 0 Å². The normalized spacial score (nSPS) is 17.7. The predicted octanol–water partition coefficient (Wildman–Crippen LogP) is 5.23. The Kier molecular flexibility index (Phi) is 6.73. The lowest BCUT2D eigenvalue weighted by atomic mass is 9.93. The van der Waals surface area contributed by atoms with E-state index in [0.29, 0.717) is 34.6 Å². The number of anilines is 2. The Bertz CT molecular complexity index is 1330. The van der Waals surface area contributed by atoms with E-state index >= 15 is 0 Å². The third-order valence-corrected chi connectivity index (χ3v) is 7.35. The highest BCUT2D eigenvalue weighted by Gasteiger charge is 2.22. The molecule has 1 atom stereocenters. The number of halogens is 2. The number of nitrogens with one attached hydrogen (secondary N) is 4. The summed E-state index contributed by atoms with van der Waals surface area (Å²) in [6.07, 6.45) is 6.40. The molecule has 182 valence electrons. The fraction of sp³-hybridized carbons (Fsp3) is 0.308. The van der Waals surface area contributed by atoms with Gasteiger partial charge in [-0.2, -0.15) is 0 Å². The molecule has 0 saturated carbocycles. The van der Waals surface area contributed by atoms with Gasteiger partial charge in [0.2, 0.25) is 11.9 Å². The smallest absolute Gasteiger partial charge is 0.241 e. The number of para-hydroxylation sites is 1. The minimum atomic E-state index is -0.0742. The summed E-state index contributed by atoms with van der Waals surface area (Å²) in [5.74, 6) is 0.707. The van der Waals surface area contributed by atoms with Crippen LogP contribution in [0.2, 0.25) is 10.0 Å². The number of benzene rings is 2. The SMILES string of the molecule is CC1=C(C/C=C\NC(=O)[C@H]2CCCN2)NCc2c1ccc1nc(Nc3c(Cl)cccc3Cl)n(C)c21. The predicted molar refractivity (Wildman–Crippen MR) is 143 cm³/mol. The molecule has 0 aliphatic carbocycles. The Morgan fingerprint density at radius 2 is 2.06 bits per heavy atom. The fourth-order valence-corrected chi connectivity index (χ4v) is 5.29. The van der Waals surface area contributed by atoms with Gasteiger partial charge in [0.1, 0.15) is 0 Å². The van der Waals surface area contributed by atoms with Gasteiger partial charge in [0, 0.05) is 37.5 Å². The monoisotopic (exact) mass is 510 g/mol. The molecule has 0 radical (unpaired) electrons. The van der Waals surface area contributed by atoms with E-state index in [1.54, 1.807) is 18.3 Å². The topological polar surface area (TPSA) is 83.0 Å². The lowest BCUT2D eigenvalue weighted by Crippen LogP contribution is -2.38. The number of imidazole rings is 1. The van der Waals surface area contributed by atoms with Gasteiger partial charge in [-0.05, 0) is 55.6 Å². The van der Waals surface area contributed by atoms with Gasteiger partial charge in [0.15, 0.2) is 0 Å². The molecule has 2 aliphatic rings. The third-order valence-electron chi connectivity index (χ3n) is 6.72. The summed E-state index contributed by atoms with van der Waals surface area (Å²) in [5.41, 5.74) is 7.33. The van der Waals surface area contributed by atoms with Crippen molar-refractivity contribution in [1.29, 1.82) is 0 Å². The van der Waals surface area contributed by atoms with Crippen LogP contribution in [0.4, 0.5) is 11.6 Å². The number of nitrogens with zero attached hydrogens (tertiary/aromatic N) is 2. The molecule has 0 spiro atoms. The quantitative estimate of drug-likeness (QED) is 0.365. The first-order chi connectivity index (χ1) is 16.9. The van der Waals surface area contributed by atoms with E-state index in [1.807, 2.05) is 29.8 Å². The largest absolute Gasteiger partial charge is 0.384 e. The van der Waals surface area contributed by atoms with Gasteiger partial charge in [0.05, 0.1) is 32.8 Å². The van der Waals surface area contributed by atoms with Gasteiger partial charge in [-0.1, -0.05) is 41.4 Å². The van der Waals surface area contributed by atoms with Crippen LogP contribution < -0.4 is 21.3 Å². The second-order valence-corrected chi connectivity index (χ2v) is 9.71. The maximum Gasteiger partial charge on any atom is 0.241 e. The number of aromatic nitrogens is 2. The van der Waals surface area contributed by atoms with Gasteiger partial charge >= 0.3 is 0 Å². The molecule has 7 nitrogen and oxygen atoms in total. The Morgan fingerprint density at radius 3 is 2.80 bits per heavy atom. The first-order valence-corrected chi connectivity index (χ1v) is 12.5. The molecule has 5 rings (SSSR count). The summed E-state index contributed by atoms with van der Waals surface area (Å²) in [6.45, 7) is 3.73. The Balaban J connectivity index is 1.37. The van der Waals surface area contributed by atoms with Crippen LogP contribution in [0, 0.1) is 0 Å². The fourth-order valence-electron chi connectivity index (χ4n) is 4.80. The van der Waals surface area contributed by atoms with Crippen LogP contribution in [0.5, 0.6) is 0 Å². The molecular weight excluding hydrogens is 483 g/mol. The molecule has 3 heterocycles. The zero-order chi connectivity index (χ0) is 24.5. The van der Waals surface area contributed by atoms with Crippen molar-refractivity contribution in [2.24, 2.45) is 7.05 Å². The Hall–Kier alpha value is -3.00. The van der Waals surface area contributed by atoms with E-state index in [-0.39, 0.29) is 11.9 Å². The number of aryl methyl sites for hydroxylation is 1. The molecule has 3 aromatic rings. The van der Waals surface area contributed by atoms with Crippen molar-refractivity contribution in [3.8, 4) is 0 Å². The maximum atomic E-state index is 12.2. The average Bonchev–Trinajstić information content (AvgIpc) is 3.49. The molecule has 1 amide bonds. The summed E-state index contributed by atoms with van der Waals surface area (Å²) in [4.78, 5) is 16.9. The van der Waals surface area contributed by atoms with Crippen LogP contribution in [0.3, 0.4) is 0 Å². The lowest BCUT2D eigenvalue weighted by Gasteiger charge is -2.23. The van der Waals surface area contributed by atoms with Crippen LogP contribution in [0.25, 0.3) is 16.6 Å². The van der Waals surface area contributed by atoms with E-state index in [4.69, 9.17) is 28.2 Å². The molecule has 1 saturated heterocycles. The van der Waals surface area contributed by atoms with Gasteiger partial charge < -0.3 is 25.8 Å². The first kappa shape index (κ1) is 23.7. The molecule has 2 aliphatic heterocycles. The van der Waals surface area contributed by atoms with Crippen LogP contribution in [-0.4, -0.2) is 28.0 Å². The highest BCUT2D eigenvalue weighted by Crippen LogP contribution is 2.36. The second kappa shape index (κ2) is 9.93. The van der Waals surface area contributed by atoms with Crippen molar-refractivity contribution in [1.82, 2.24) is 25.5 Å². The van der Waals surface area contributed by atoms with Gasteiger partial charge in [-0.3, -0.25) is 4.79 Å². The highest BCUT2D eigenvalue weighted by atomic mass is 35.5. The van der Waals surface area contributed by atoms with E-state index in [2.05, 4.69) is 34.3 Å². The molecular formula is C26H28Cl2N6O. The number of rotatable bonds is 6. The summed E-state index contributed by atoms with van der Waals surface area (Å²) >= 11 is 12.7. The second-order valence-electron chi connectivity index (χ2n) is 8.90. The number of carbonyl (C=O) groups excluding carboxylic acids is 1. The Labute approximate surface area is 214 Å².